The number of rotatable bonds is 4. The van der Waals surface area contributed by atoms with Gasteiger partial charge in [-0.2, -0.15) is 4.98 Å². The van der Waals surface area contributed by atoms with Gasteiger partial charge >= 0.3 is 0 Å². The molecule has 1 aromatic carbocycles. The van der Waals surface area contributed by atoms with Gasteiger partial charge in [0.25, 0.3) is 5.89 Å². The monoisotopic (exact) mass is 322 g/mol. The molecule has 3 rings (SSSR count). The van der Waals surface area contributed by atoms with Crippen LogP contribution in [0.5, 0.6) is 0 Å². The third kappa shape index (κ3) is 4.29. The minimum Gasteiger partial charge on any atom is -0.334 e. The molecule has 1 atom stereocenters. The highest BCUT2D eigenvalue weighted by molar-refractivity contribution is 5.85. The van der Waals surface area contributed by atoms with Gasteiger partial charge in [0.1, 0.15) is 0 Å². The average molecular weight is 323 g/mol. The molecule has 1 unspecified atom stereocenters. The Morgan fingerprint density at radius 3 is 2.86 bits per heavy atom. The van der Waals surface area contributed by atoms with Crippen LogP contribution in [0.25, 0.3) is 11.5 Å². The molecular weight excluding hydrogens is 300 g/mol. The van der Waals surface area contributed by atoms with E-state index in [0.29, 0.717) is 11.9 Å². The quantitative estimate of drug-likeness (QED) is 0.938. The summed E-state index contributed by atoms with van der Waals surface area (Å²) in [5.41, 5.74) is 0.970. The Hall–Kier alpha value is -1.43. The Kier molecular flexibility index (Phi) is 6.36. The molecule has 5 nitrogen and oxygen atoms in total. The van der Waals surface area contributed by atoms with Crippen LogP contribution in [-0.4, -0.2) is 41.2 Å². The van der Waals surface area contributed by atoms with Gasteiger partial charge in [-0.15, -0.1) is 12.4 Å². The lowest BCUT2D eigenvalue weighted by molar-refractivity contribution is 0.209. The van der Waals surface area contributed by atoms with Gasteiger partial charge in [-0.05, 0) is 51.5 Å². The fraction of sp³-hybridized carbons (Fsp3) is 0.500. The van der Waals surface area contributed by atoms with Gasteiger partial charge in [0.05, 0.1) is 6.54 Å². The van der Waals surface area contributed by atoms with Crippen LogP contribution in [0.15, 0.2) is 34.9 Å². The van der Waals surface area contributed by atoms with E-state index in [-0.39, 0.29) is 12.4 Å². The summed E-state index contributed by atoms with van der Waals surface area (Å²) in [4.78, 5) is 6.84. The molecule has 0 amide bonds. The lowest BCUT2D eigenvalue weighted by Gasteiger charge is -2.25. The van der Waals surface area contributed by atoms with E-state index in [1.165, 1.54) is 19.3 Å². The average Bonchev–Trinajstić information content (AvgIpc) is 2.81. The van der Waals surface area contributed by atoms with E-state index < -0.39 is 0 Å². The zero-order valence-electron chi connectivity index (χ0n) is 12.9. The van der Waals surface area contributed by atoms with E-state index in [4.69, 9.17) is 4.52 Å². The van der Waals surface area contributed by atoms with Crippen LogP contribution in [0.1, 0.15) is 25.1 Å². The second kappa shape index (κ2) is 8.27. The molecule has 22 heavy (non-hydrogen) atoms. The molecule has 2 heterocycles. The van der Waals surface area contributed by atoms with Crippen molar-refractivity contribution in [1.29, 1.82) is 0 Å². The number of hydrogen-bond acceptors (Lipinski definition) is 5. The molecule has 0 spiro atoms. The maximum atomic E-state index is 5.36. The smallest absolute Gasteiger partial charge is 0.257 e. The predicted molar refractivity (Wildman–Crippen MR) is 89.0 cm³/mol. The molecule has 120 valence electrons. The Morgan fingerprint density at radius 1 is 1.23 bits per heavy atom. The fourth-order valence-electron chi connectivity index (χ4n) is 2.81. The summed E-state index contributed by atoms with van der Waals surface area (Å²) < 4.78 is 5.36. The van der Waals surface area contributed by atoms with Gasteiger partial charge in [0, 0.05) is 11.6 Å². The molecule has 1 aromatic heterocycles. The van der Waals surface area contributed by atoms with E-state index in [1.807, 2.05) is 30.3 Å². The van der Waals surface area contributed by atoms with Crippen molar-refractivity contribution in [3.8, 4) is 11.5 Å². The number of halogens is 1. The first kappa shape index (κ1) is 16.9. The van der Waals surface area contributed by atoms with Gasteiger partial charge < -0.3 is 9.84 Å². The van der Waals surface area contributed by atoms with Crippen molar-refractivity contribution < 1.29 is 4.52 Å². The van der Waals surface area contributed by atoms with Crippen LogP contribution >= 0.6 is 12.4 Å². The van der Waals surface area contributed by atoms with Crippen LogP contribution in [0, 0.1) is 0 Å². The van der Waals surface area contributed by atoms with Crippen LogP contribution < -0.4 is 5.32 Å². The molecule has 2 aromatic rings. The van der Waals surface area contributed by atoms with Crippen molar-refractivity contribution in [2.24, 2.45) is 0 Å². The third-order valence-corrected chi connectivity index (χ3v) is 4.05. The summed E-state index contributed by atoms with van der Waals surface area (Å²) in [6.45, 7) is 2.96. The highest BCUT2D eigenvalue weighted by atomic mass is 35.5. The van der Waals surface area contributed by atoms with Gasteiger partial charge in [0.15, 0.2) is 5.82 Å². The van der Waals surface area contributed by atoms with Crippen molar-refractivity contribution in [2.75, 3.05) is 20.1 Å². The summed E-state index contributed by atoms with van der Waals surface area (Å²) in [6.07, 6.45) is 3.64. The molecule has 0 saturated carbocycles. The first-order chi connectivity index (χ1) is 10.3. The number of aromatic nitrogens is 2. The Bertz CT molecular complexity index is 552. The van der Waals surface area contributed by atoms with E-state index in [1.54, 1.807) is 0 Å². The molecule has 1 N–H and O–H groups in total. The first-order valence-electron chi connectivity index (χ1n) is 7.62. The normalized spacial score (nSPS) is 18.7. The number of nitrogens with zero attached hydrogens (tertiary/aromatic N) is 3. The number of nitrogens with one attached hydrogen (secondary N) is 1. The Morgan fingerprint density at radius 2 is 2.05 bits per heavy atom. The van der Waals surface area contributed by atoms with Crippen molar-refractivity contribution in [3.05, 3.63) is 36.2 Å². The van der Waals surface area contributed by atoms with Gasteiger partial charge in [0.2, 0.25) is 0 Å². The summed E-state index contributed by atoms with van der Waals surface area (Å²) in [5.74, 6) is 1.36. The Balaban J connectivity index is 0.00000176. The lowest BCUT2D eigenvalue weighted by Crippen LogP contribution is -2.32. The highest BCUT2D eigenvalue weighted by Gasteiger charge is 2.19. The minimum atomic E-state index is 0. The van der Waals surface area contributed by atoms with Gasteiger partial charge in [-0.25, -0.2) is 0 Å². The molecule has 0 bridgehead atoms. The number of hydrogen-bond donors (Lipinski definition) is 1. The molecule has 0 aliphatic carbocycles. The molecular formula is C16H23ClN4O. The van der Waals surface area contributed by atoms with Crippen LogP contribution in [0.4, 0.5) is 0 Å². The van der Waals surface area contributed by atoms with E-state index >= 15 is 0 Å². The van der Waals surface area contributed by atoms with Gasteiger partial charge in [-0.1, -0.05) is 23.4 Å². The topological polar surface area (TPSA) is 54.2 Å². The van der Waals surface area contributed by atoms with Gasteiger partial charge in [-0.3, -0.25) is 4.90 Å². The van der Waals surface area contributed by atoms with Crippen LogP contribution in [0.2, 0.25) is 0 Å². The van der Waals surface area contributed by atoms with Crippen LogP contribution in [0.3, 0.4) is 0 Å². The molecule has 1 aliphatic heterocycles. The second-order valence-corrected chi connectivity index (χ2v) is 5.63. The maximum absolute atomic E-state index is 5.36. The van der Waals surface area contributed by atoms with E-state index in [0.717, 1.165) is 31.0 Å². The number of benzene rings is 1. The largest absolute Gasteiger partial charge is 0.334 e. The summed E-state index contributed by atoms with van der Waals surface area (Å²) >= 11 is 0. The fourth-order valence-corrected chi connectivity index (χ4v) is 2.81. The third-order valence-electron chi connectivity index (χ3n) is 4.05. The molecule has 1 fully saturated rings. The molecule has 6 heteroatoms. The summed E-state index contributed by atoms with van der Waals surface area (Å²) in [5, 5.41) is 7.55. The molecule has 1 saturated heterocycles. The minimum absolute atomic E-state index is 0. The highest BCUT2D eigenvalue weighted by Crippen LogP contribution is 2.18. The standard InChI is InChI=1S/C16H22N4O.ClH/c1-20(14-8-5-10-17-11-9-14)12-15-18-16(21-19-15)13-6-3-2-4-7-13;/h2-4,6-7,14,17H,5,8-12H2,1H3;1H. The molecule has 0 radical (unpaired) electrons. The van der Waals surface area contributed by atoms with Crippen molar-refractivity contribution >= 4 is 12.4 Å². The summed E-state index contributed by atoms with van der Waals surface area (Å²) in [6, 6.07) is 10.5. The zero-order valence-corrected chi connectivity index (χ0v) is 13.7. The van der Waals surface area contributed by atoms with Crippen molar-refractivity contribution in [2.45, 2.75) is 31.8 Å². The maximum Gasteiger partial charge on any atom is 0.257 e. The molecule has 1 aliphatic rings. The van der Waals surface area contributed by atoms with E-state index in [9.17, 15) is 0 Å². The van der Waals surface area contributed by atoms with Crippen molar-refractivity contribution in [1.82, 2.24) is 20.4 Å². The SMILES string of the molecule is CN(Cc1noc(-c2ccccc2)n1)C1CCCNCC1.Cl. The van der Waals surface area contributed by atoms with E-state index in [2.05, 4.69) is 27.4 Å². The second-order valence-electron chi connectivity index (χ2n) is 5.63. The zero-order chi connectivity index (χ0) is 14.5. The summed E-state index contributed by atoms with van der Waals surface area (Å²) in [7, 11) is 2.15. The Labute approximate surface area is 137 Å². The van der Waals surface area contributed by atoms with Crippen LogP contribution in [-0.2, 0) is 6.54 Å². The first-order valence-corrected chi connectivity index (χ1v) is 7.62. The predicted octanol–water partition coefficient (Wildman–Crippen LogP) is 2.73. The lowest BCUT2D eigenvalue weighted by atomic mass is 10.1. The van der Waals surface area contributed by atoms with Crippen molar-refractivity contribution in [3.63, 3.8) is 0 Å².